The number of nitrogens with zero attached hydrogens (tertiary/aromatic N) is 4. The summed E-state index contributed by atoms with van der Waals surface area (Å²) in [5.41, 5.74) is 5.57. The van der Waals surface area contributed by atoms with Crippen LogP contribution in [0.25, 0.3) is 16.9 Å². The fourth-order valence-electron chi connectivity index (χ4n) is 4.27. The zero-order chi connectivity index (χ0) is 24.7. The summed E-state index contributed by atoms with van der Waals surface area (Å²) in [6.45, 7) is 11.8. The predicted molar refractivity (Wildman–Crippen MR) is 143 cm³/mol. The van der Waals surface area contributed by atoms with Gasteiger partial charge in [0.1, 0.15) is 5.75 Å². The average molecular weight is 469 g/mol. The van der Waals surface area contributed by atoms with Crippen molar-refractivity contribution in [2.24, 2.45) is 5.41 Å². The maximum absolute atomic E-state index is 5.95. The summed E-state index contributed by atoms with van der Waals surface area (Å²) in [6.07, 6.45) is 6.29. The molecule has 0 spiro atoms. The first-order chi connectivity index (χ1) is 16.9. The fourth-order valence-corrected chi connectivity index (χ4v) is 4.27. The SMILES string of the molecule is C=C(CCCCCOc1ccc(Cc2nnc3ccc(-c4ccccc4)nn23)cc1)CC(C)(C)C. The van der Waals surface area contributed by atoms with Gasteiger partial charge in [0.25, 0.3) is 0 Å². The van der Waals surface area contributed by atoms with Gasteiger partial charge in [-0.3, -0.25) is 0 Å². The van der Waals surface area contributed by atoms with Gasteiger partial charge in [0, 0.05) is 12.0 Å². The van der Waals surface area contributed by atoms with E-state index < -0.39 is 0 Å². The lowest BCUT2D eigenvalue weighted by Crippen LogP contribution is -2.05. The molecule has 182 valence electrons. The normalized spacial score (nSPS) is 11.6. The molecule has 0 fully saturated rings. The summed E-state index contributed by atoms with van der Waals surface area (Å²) < 4.78 is 7.79. The van der Waals surface area contributed by atoms with Crippen LogP contribution >= 0.6 is 0 Å². The summed E-state index contributed by atoms with van der Waals surface area (Å²) in [7, 11) is 0. The summed E-state index contributed by atoms with van der Waals surface area (Å²) in [5.74, 6) is 1.72. The van der Waals surface area contributed by atoms with Crippen molar-refractivity contribution in [3.63, 3.8) is 0 Å². The first kappa shape index (κ1) is 24.6. The number of hydrogen-bond donors (Lipinski definition) is 0. The monoisotopic (exact) mass is 468 g/mol. The molecule has 2 aromatic heterocycles. The molecule has 0 atom stereocenters. The Bertz CT molecular complexity index is 1240. The van der Waals surface area contributed by atoms with Crippen LogP contribution in [0.5, 0.6) is 5.75 Å². The van der Waals surface area contributed by atoms with Crippen LogP contribution in [-0.2, 0) is 6.42 Å². The Hall–Kier alpha value is -3.47. The molecule has 0 aliphatic carbocycles. The number of benzene rings is 2. The summed E-state index contributed by atoms with van der Waals surface area (Å²) in [5, 5.41) is 13.4. The number of hydrogen-bond acceptors (Lipinski definition) is 4. The van der Waals surface area contributed by atoms with Gasteiger partial charge in [0.2, 0.25) is 0 Å². The average Bonchev–Trinajstić information content (AvgIpc) is 3.23. The van der Waals surface area contributed by atoms with Crippen molar-refractivity contribution in [2.75, 3.05) is 6.61 Å². The zero-order valence-corrected chi connectivity index (χ0v) is 21.2. The van der Waals surface area contributed by atoms with Crippen LogP contribution in [0.15, 0.2) is 78.9 Å². The Morgan fingerprint density at radius 2 is 1.66 bits per heavy atom. The first-order valence-corrected chi connectivity index (χ1v) is 12.5. The van der Waals surface area contributed by atoms with Gasteiger partial charge in [-0.25, -0.2) is 0 Å². The van der Waals surface area contributed by atoms with E-state index in [-0.39, 0.29) is 0 Å². The molecule has 2 aromatic carbocycles. The quantitative estimate of drug-likeness (QED) is 0.171. The predicted octanol–water partition coefficient (Wildman–Crippen LogP) is 7.31. The van der Waals surface area contributed by atoms with E-state index in [1.807, 2.05) is 47.0 Å². The Morgan fingerprint density at radius 3 is 2.40 bits per heavy atom. The first-order valence-electron chi connectivity index (χ1n) is 12.5. The smallest absolute Gasteiger partial charge is 0.177 e. The summed E-state index contributed by atoms with van der Waals surface area (Å²) in [4.78, 5) is 0. The number of fused-ring (bicyclic) bond motifs is 1. The van der Waals surface area contributed by atoms with Gasteiger partial charge in [0.15, 0.2) is 11.5 Å². The van der Waals surface area contributed by atoms with Gasteiger partial charge >= 0.3 is 0 Å². The van der Waals surface area contributed by atoms with Crippen molar-refractivity contribution < 1.29 is 4.74 Å². The van der Waals surface area contributed by atoms with Gasteiger partial charge in [-0.2, -0.15) is 9.61 Å². The number of ether oxygens (including phenoxy) is 1. The summed E-state index contributed by atoms with van der Waals surface area (Å²) in [6, 6.07) is 22.3. The zero-order valence-electron chi connectivity index (χ0n) is 21.2. The van der Waals surface area contributed by atoms with Crippen LogP contribution in [-0.4, -0.2) is 26.4 Å². The molecule has 4 aromatic rings. The van der Waals surface area contributed by atoms with E-state index in [0.29, 0.717) is 11.8 Å². The largest absolute Gasteiger partial charge is 0.494 e. The maximum Gasteiger partial charge on any atom is 0.177 e. The second-order valence-electron chi connectivity index (χ2n) is 10.4. The highest BCUT2D eigenvalue weighted by molar-refractivity contribution is 5.59. The molecular formula is C30H36N4O. The van der Waals surface area contributed by atoms with Crippen molar-refractivity contribution in [1.82, 2.24) is 19.8 Å². The molecule has 5 nitrogen and oxygen atoms in total. The molecule has 0 saturated carbocycles. The van der Waals surface area contributed by atoms with Crippen molar-refractivity contribution in [3.05, 3.63) is 90.3 Å². The molecular weight excluding hydrogens is 432 g/mol. The lowest BCUT2D eigenvalue weighted by Gasteiger charge is -2.19. The van der Waals surface area contributed by atoms with Gasteiger partial charge < -0.3 is 4.74 Å². The lowest BCUT2D eigenvalue weighted by molar-refractivity contribution is 0.304. The van der Waals surface area contributed by atoms with Gasteiger partial charge in [0.05, 0.1) is 12.3 Å². The second-order valence-corrected chi connectivity index (χ2v) is 10.4. The third kappa shape index (κ3) is 7.25. The topological polar surface area (TPSA) is 52.3 Å². The molecule has 0 saturated heterocycles. The van der Waals surface area contributed by atoms with E-state index in [0.717, 1.165) is 59.9 Å². The van der Waals surface area contributed by atoms with E-state index in [1.165, 1.54) is 18.4 Å². The minimum atomic E-state index is 0.329. The number of allylic oxidation sites excluding steroid dienone is 1. The molecule has 0 aliphatic heterocycles. The molecule has 0 radical (unpaired) electrons. The van der Waals surface area contributed by atoms with E-state index in [2.05, 4.69) is 61.8 Å². The second kappa shape index (κ2) is 11.3. The van der Waals surface area contributed by atoms with Crippen molar-refractivity contribution in [1.29, 1.82) is 0 Å². The van der Waals surface area contributed by atoms with Crippen LogP contribution in [0, 0.1) is 5.41 Å². The Morgan fingerprint density at radius 1 is 0.886 bits per heavy atom. The maximum atomic E-state index is 5.95. The standard InChI is InChI=1S/C30H36N4O/c1-23(22-30(2,3)4)11-7-6-10-20-35-26-16-14-24(15-17-26)21-29-32-31-28-19-18-27(33-34(28)29)25-12-8-5-9-13-25/h5,8-9,12-19H,1,6-7,10-11,20-22H2,2-4H3. The minimum absolute atomic E-state index is 0.329. The highest BCUT2D eigenvalue weighted by Gasteiger charge is 2.12. The fraction of sp³-hybridized carbons (Fsp3) is 0.367. The molecule has 0 N–H and O–H groups in total. The van der Waals surface area contributed by atoms with Crippen LogP contribution in [0.1, 0.15) is 64.3 Å². The Kier molecular flexibility index (Phi) is 7.96. The number of rotatable bonds is 11. The Balaban J connectivity index is 1.26. The van der Waals surface area contributed by atoms with Crippen LogP contribution in [0.2, 0.25) is 0 Å². The molecule has 0 amide bonds. The van der Waals surface area contributed by atoms with E-state index in [9.17, 15) is 0 Å². The van der Waals surface area contributed by atoms with E-state index in [1.54, 1.807) is 0 Å². The van der Waals surface area contributed by atoms with Crippen LogP contribution < -0.4 is 4.74 Å². The number of aromatic nitrogens is 4. The molecule has 0 aliphatic rings. The summed E-state index contributed by atoms with van der Waals surface area (Å²) >= 11 is 0. The molecule has 4 rings (SSSR count). The molecule has 0 unspecified atom stereocenters. The molecule has 35 heavy (non-hydrogen) atoms. The van der Waals surface area contributed by atoms with Crippen molar-refractivity contribution in [3.8, 4) is 17.0 Å². The Labute approximate surface area is 208 Å². The lowest BCUT2D eigenvalue weighted by atomic mass is 9.87. The van der Waals surface area contributed by atoms with Crippen LogP contribution in [0.4, 0.5) is 0 Å². The molecule has 5 heteroatoms. The third-order valence-corrected chi connectivity index (χ3v) is 5.91. The molecule has 2 heterocycles. The highest BCUT2D eigenvalue weighted by Crippen LogP contribution is 2.26. The third-order valence-electron chi connectivity index (χ3n) is 5.91. The highest BCUT2D eigenvalue weighted by atomic mass is 16.5. The van der Waals surface area contributed by atoms with Crippen LogP contribution in [0.3, 0.4) is 0 Å². The van der Waals surface area contributed by atoms with Crippen molar-refractivity contribution >= 4 is 5.65 Å². The molecule has 0 bridgehead atoms. The van der Waals surface area contributed by atoms with Gasteiger partial charge in [-0.05, 0) is 67.3 Å². The minimum Gasteiger partial charge on any atom is -0.494 e. The number of unbranched alkanes of at least 4 members (excludes halogenated alkanes) is 2. The van der Waals surface area contributed by atoms with E-state index >= 15 is 0 Å². The van der Waals surface area contributed by atoms with Gasteiger partial charge in [-0.15, -0.1) is 10.2 Å². The van der Waals surface area contributed by atoms with E-state index in [4.69, 9.17) is 9.84 Å². The van der Waals surface area contributed by atoms with Gasteiger partial charge in [-0.1, -0.05) is 75.4 Å². The van der Waals surface area contributed by atoms with Crippen molar-refractivity contribution in [2.45, 2.75) is 59.3 Å².